The van der Waals surface area contributed by atoms with Gasteiger partial charge in [0.25, 0.3) is 0 Å². The molecule has 0 saturated carbocycles. The SMILES string of the molecule is CCc1cccc2c(C(C)=O)cn(CCCN3CCCC(Cc4ccccc4Cl)C3)c12. The van der Waals surface area contributed by atoms with E-state index in [1.807, 2.05) is 12.1 Å². The number of fused-ring (bicyclic) bond motifs is 1. The predicted molar refractivity (Wildman–Crippen MR) is 130 cm³/mol. The lowest BCUT2D eigenvalue weighted by Gasteiger charge is -2.33. The van der Waals surface area contributed by atoms with Gasteiger partial charge in [-0.3, -0.25) is 4.79 Å². The zero-order chi connectivity index (χ0) is 21.8. The molecule has 0 N–H and O–H groups in total. The third kappa shape index (κ3) is 5.05. The maximum Gasteiger partial charge on any atom is 0.161 e. The number of Topliss-reactive ketones (excluding diaryl/α,β-unsaturated/α-hetero) is 1. The summed E-state index contributed by atoms with van der Waals surface area (Å²) in [4.78, 5) is 14.8. The number of benzene rings is 2. The van der Waals surface area contributed by atoms with Crippen LogP contribution in [0.1, 0.15) is 54.6 Å². The molecule has 0 spiro atoms. The third-order valence-electron chi connectivity index (χ3n) is 6.68. The van der Waals surface area contributed by atoms with Crippen LogP contribution in [0.4, 0.5) is 0 Å². The summed E-state index contributed by atoms with van der Waals surface area (Å²) in [5.41, 5.74) is 4.69. The molecule has 3 nitrogen and oxygen atoms in total. The second kappa shape index (κ2) is 10.0. The molecule has 0 aliphatic carbocycles. The fourth-order valence-electron chi connectivity index (χ4n) is 5.14. The number of hydrogen-bond donors (Lipinski definition) is 0. The van der Waals surface area contributed by atoms with E-state index in [-0.39, 0.29) is 5.78 Å². The van der Waals surface area contributed by atoms with Gasteiger partial charge in [-0.25, -0.2) is 0 Å². The average Bonchev–Trinajstić information content (AvgIpc) is 3.15. The smallest absolute Gasteiger partial charge is 0.161 e. The summed E-state index contributed by atoms with van der Waals surface area (Å²) in [7, 11) is 0. The van der Waals surface area contributed by atoms with E-state index < -0.39 is 0 Å². The van der Waals surface area contributed by atoms with Gasteiger partial charge < -0.3 is 9.47 Å². The van der Waals surface area contributed by atoms with Crippen molar-refractivity contribution in [3.63, 3.8) is 0 Å². The second-order valence-corrected chi connectivity index (χ2v) is 9.32. The van der Waals surface area contributed by atoms with E-state index in [1.54, 1.807) is 6.92 Å². The number of likely N-dealkylation sites (tertiary alicyclic amines) is 1. The van der Waals surface area contributed by atoms with Crippen molar-refractivity contribution < 1.29 is 4.79 Å². The van der Waals surface area contributed by atoms with Crippen LogP contribution in [0.3, 0.4) is 0 Å². The highest BCUT2D eigenvalue weighted by Crippen LogP contribution is 2.27. The van der Waals surface area contributed by atoms with Gasteiger partial charge in [-0.1, -0.05) is 54.9 Å². The molecule has 164 valence electrons. The molecule has 2 heterocycles. The Labute approximate surface area is 191 Å². The normalized spacial score (nSPS) is 17.3. The molecule has 3 aromatic rings. The molecule has 1 atom stereocenters. The Morgan fingerprint density at radius 1 is 1.10 bits per heavy atom. The molecule has 2 aromatic carbocycles. The molecular formula is C27H33ClN2O. The van der Waals surface area contributed by atoms with Crippen molar-refractivity contribution in [3.8, 4) is 0 Å². The van der Waals surface area contributed by atoms with E-state index in [2.05, 4.69) is 52.9 Å². The highest BCUT2D eigenvalue weighted by atomic mass is 35.5. The first-order valence-electron chi connectivity index (χ1n) is 11.6. The van der Waals surface area contributed by atoms with Crippen LogP contribution < -0.4 is 0 Å². The minimum Gasteiger partial charge on any atom is -0.346 e. The van der Waals surface area contributed by atoms with Gasteiger partial charge in [0.05, 0.1) is 5.52 Å². The first-order valence-corrected chi connectivity index (χ1v) is 12.0. The fourth-order valence-corrected chi connectivity index (χ4v) is 5.35. The molecule has 1 unspecified atom stereocenters. The Balaban J connectivity index is 1.39. The van der Waals surface area contributed by atoms with E-state index >= 15 is 0 Å². The van der Waals surface area contributed by atoms with Crippen molar-refractivity contribution in [3.05, 3.63) is 70.4 Å². The number of para-hydroxylation sites is 1. The van der Waals surface area contributed by atoms with Crippen LogP contribution >= 0.6 is 11.6 Å². The number of ketones is 1. The van der Waals surface area contributed by atoms with Crippen molar-refractivity contribution in [2.75, 3.05) is 19.6 Å². The standard InChI is InChI=1S/C27H33ClN2O/c1-3-22-11-6-12-24-25(20(2)31)19-30(27(22)24)16-8-15-29-14-7-9-21(18-29)17-23-10-4-5-13-26(23)28/h4-6,10-13,19,21H,3,7-9,14-18H2,1-2H3. The molecule has 4 heteroatoms. The molecule has 1 fully saturated rings. The Morgan fingerprint density at radius 3 is 2.68 bits per heavy atom. The summed E-state index contributed by atoms with van der Waals surface area (Å²) in [6, 6.07) is 14.6. The number of rotatable bonds is 8. The van der Waals surface area contributed by atoms with Crippen LogP contribution in [-0.4, -0.2) is 34.9 Å². The summed E-state index contributed by atoms with van der Waals surface area (Å²) in [6.45, 7) is 8.24. The first-order chi connectivity index (χ1) is 15.1. The quantitative estimate of drug-likeness (QED) is 0.381. The zero-order valence-corrected chi connectivity index (χ0v) is 19.5. The predicted octanol–water partition coefficient (Wildman–Crippen LogP) is 6.40. The molecule has 0 radical (unpaired) electrons. The van der Waals surface area contributed by atoms with Gasteiger partial charge >= 0.3 is 0 Å². The molecule has 4 rings (SSSR count). The largest absolute Gasteiger partial charge is 0.346 e. The maximum absolute atomic E-state index is 12.2. The lowest BCUT2D eigenvalue weighted by atomic mass is 9.91. The lowest BCUT2D eigenvalue weighted by Crippen LogP contribution is -2.37. The van der Waals surface area contributed by atoms with Crippen molar-refractivity contribution in [2.45, 2.75) is 52.5 Å². The Kier molecular flexibility index (Phi) is 7.14. The average molecular weight is 437 g/mol. The highest BCUT2D eigenvalue weighted by Gasteiger charge is 2.21. The summed E-state index contributed by atoms with van der Waals surface area (Å²) >= 11 is 6.39. The van der Waals surface area contributed by atoms with Gasteiger partial charge in [0.1, 0.15) is 0 Å². The van der Waals surface area contributed by atoms with E-state index in [1.165, 1.54) is 36.0 Å². The molecule has 1 aliphatic rings. The monoisotopic (exact) mass is 436 g/mol. The minimum absolute atomic E-state index is 0.149. The van der Waals surface area contributed by atoms with Crippen LogP contribution in [0, 0.1) is 5.92 Å². The van der Waals surface area contributed by atoms with Crippen molar-refractivity contribution in [1.29, 1.82) is 0 Å². The second-order valence-electron chi connectivity index (χ2n) is 8.92. The number of aromatic nitrogens is 1. The number of nitrogens with zero attached hydrogens (tertiary/aromatic N) is 2. The van der Waals surface area contributed by atoms with E-state index in [0.29, 0.717) is 5.92 Å². The molecule has 0 amide bonds. The molecule has 1 saturated heterocycles. The number of carbonyl (C=O) groups is 1. The summed E-state index contributed by atoms with van der Waals surface area (Å²) < 4.78 is 2.32. The summed E-state index contributed by atoms with van der Waals surface area (Å²) in [5, 5.41) is 2.00. The van der Waals surface area contributed by atoms with E-state index in [9.17, 15) is 4.79 Å². The Morgan fingerprint density at radius 2 is 1.90 bits per heavy atom. The van der Waals surface area contributed by atoms with E-state index in [0.717, 1.165) is 54.9 Å². The summed E-state index contributed by atoms with van der Waals surface area (Å²) in [6.07, 6.45) is 7.76. The maximum atomic E-state index is 12.2. The number of hydrogen-bond acceptors (Lipinski definition) is 2. The number of halogens is 1. The van der Waals surface area contributed by atoms with Gasteiger partial charge in [0, 0.05) is 35.3 Å². The highest BCUT2D eigenvalue weighted by molar-refractivity contribution is 6.31. The molecule has 31 heavy (non-hydrogen) atoms. The Bertz CT molecular complexity index is 1050. The van der Waals surface area contributed by atoms with Gasteiger partial charge in [-0.15, -0.1) is 0 Å². The lowest BCUT2D eigenvalue weighted by molar-refractivity contribution is 0.101. The van der Waals surface area contributed by atoms with Crippen LogP contribution in [0.25, 0.3) is 10.9 Å². The van der Waals surface area contributed by atoms with Crippen molar-refractivity contribution in [2.24, 2.45) is 5.92 Å². The first kappa shape index (κ1) is 22.1. The third-order valence-corrected chi connectivity index (χ3v) is 7.05. The Hall–Kier alpha value is -2.10. The number of carbonyl (C=O) groups excluding carboxylic acids is 1. The minimum atomic E-state index is 0.149. The topological polar surface area (TPSA) is 25.2 Å². The zero-order valence-electron chi connectivity index (χ0n) is 18.7. The van der Waals surface area contributed by atoms with Crippen LogP contribution in [0.2, 0.25) is 5.02 Å². The fraction of sp³-hybridized carbons (Fsp3) is 0.444. The number of piperidine rings is 1. The molecule has 0 bridgehead atoms. The van der Waals surface area contributed by atoms with Crippen molar-refractivity contribution in [1.82, 2.24) is 9.47 Å². The van der Waals surface area contributed by atoms with Crippen LogP contribution in [0.5, 0.6) is 0 Å². The van der Waals surface area contributed by atoms with Gasteiger partial charge in [-0.05, 0) is 75.2 Å². The van der Waals surface area contributed by atoms with Crippen LogP contribution in [0.15, 0.2) is 48.7 Å². The van der Waals surface area contributed by atoms with Gasteiger partial charge in [0.2, 0.25) is 0 Å². The van der Waals surface area contributed by atoms with Crippen LogP contribution in [-0.2, 0) is 19.4 Å². The van der Waals surface area contributed by atoms with Gasteiger partial charge in [0.15, 0.2) is 5.78 Å². The van der Waals surface area contributed by atoms with Crippen molar-refractivity contribution >= 4 is 28.3 Å². The molecule has 1 aliphatic heterocycles. The number of aryl methyl sites for hydroxylation is 2. The summed E-state index contributed by atoms with van der Waals surface area (Å²) in [5.74, 6) is 0.826. The molecule has 1 aromatic heterocycles. The van der Waals surface area contributed by atoms with E-state index in [4.69, 9.17) is 11.6 Å². The molecular weight excluding hydrogens is 404 g/mol. The van der Waals surface area contributed by atoms with Gasteiger partial charge in [-0.2, -0.15) is 0 Å².